The lowest BCUT2D eigenvalue weighted by Gasteiger charge is -2.11. The van der Waals surface area contributed by atoms with Crippen molar-refractivity contribution in [1.29, 1.82) is 0 Å². The maximum atomic E-state index is 11.6. The molecule has 1 aliphatic rings. The van der Waals surface area contributed by atoms with Crippen LogP contribution in [0.25, 0.3) is 0 Å². The van der Waals surface area contributed by atoms with E-state index in [1.807, 2.05) is 4.72 Å². The van der Waals surface area contributed by atoms with E-state index in [9.17, 15) is 18.0 Å². The van der Waals surface area contributed by atoms with Gasteiger partial charge in [0.05, 0.1) is 5.75 Å². The standard InChI is InChI=1S/C9H14N2O4S/c1-3-4-16(14,15)11-9(13)7-6(2)5-10-8(7)12/h3,6-7H,1,4-5H2,2H3,(H,10,12)(H,11,13). The number of carbonyl (C=O) groups excluding carboxylic acids is 2. The number of hydrogen-bond acceptors (Lipinski definition) is 4. The van der Waals surface area contributed by atoms with Gasteiger partial charge in [-0.2, -0.15) is 0 Å². The van der Waals surface area contributed by atoms with Gasteiger partial charge in [0.25, 0.3) is 0 Å². The number of nitrogens with one attached hydrogen (secondary N) is 2. The van der Waals surface area contributed by atoms with Gasteiger partial charge < -0.3 is 5.32 Å². The fourth-order valence-corrected chi connectivity index (χ4v) is 2.37. The molecule has 0 saturated carbocycles. The SMILES string of the molecule is C=CCS(=O)(=O)NC(=O)C1C(=O)NCC1C. The van der Waals surface area contributed by atoms with Gasteiger partial charge in [0, 0.05) is 6.54 Å². The third-order valence-electron chi connectivity index (χ3n) is 2.33. The molecule has 90 valence electrons. The van der Waals surface area contributed by atoms with Gasteiger partial charge in [0.1, 0.15) is 5.92 Å². The van der Waals surface area contributed by atoms with E-state index in [-0.39, 0.29) is 11.7 Å². The first-order valence-electron chi connectivity index (χ1n) is 4.80. The Kier molecular flexibility index (Phi) is 3.69. The Morgan fingerprint density at radius 2 is 2.31 bits per heavy atom. The van der Waals surface area contributed by atoms with Crippen molar-refractivity contribution in [2.75, 3.05) is 12.3 Å². The molecule has 0 bridgehead atoms. The summed E-state index contributed by atoms with van der Waals surface area (Å²) in [6.45, 7) is 5.37. The van der Waals surface area contributed by atoms with Crippen LogP contribution in [0.2, 0.25) is 0 Å². The monoisotopic (exact) mass is 246 g/mol. The molecule has 2 N–H and O–H groups in total. The zero-order valence-electron chi connectivity index (χ0n) is 8.89. The summed E-state index contributed by atoms with van der Waals surface area (Å²) in [5.74, 6) is -2.68. The molecule has 0 spiro atoms. The van der Waals surface area contributed by atoms with Crippen molar-refractivity contribution < 1.29 is 18.0 Å². The Hall–Kier alpha value is -1.37. The summed E-state index contributed by atoms with van der Waals surface area (Å²) >= 11 is 0. The maximum Gasteiger partial charge on any atom is 0.246 e. The fourth-order valence-electron chi connectivity index (χ4n) is 1.54. The summed E-state index contributed by atoms with van der Waals surface area (Å²) in [5, 5.41) is 2.50. The molecule has 1 saturated heterocycles. The van der Waals surface area contributed by atoms with Crippen LogP contribution in [0, 0.1) is 11.8 Å². The molecule has 2 atom stereocenters. The molecular weight excluding hydrogens is 232 g/mol. The molecule has 0 aromatic rings. The smallest absolute Gasteiger partial charge is 0.246 e. The Morgan fingerprint density at radius 3 is 2.75 bits per heavy atom. The Morgan fingerprint density at radius 1 is 1.69 bits per heavy atom. The average molecular weight is 246 g/mol. The quantitative estimate of drug-likeness (QED) is 0.491. The van der Waals surface area contributed by atoms with Gasteiger partial charge in [-0.1, -0.05) is 13.0 Å². The minimum absolute atomic E-state index is 0.202. The molecule has 6 nitrogen and oxygen atoms in total. The third kappa shape index (κ3) is 2.82. The second-order valence-electron chi connectivity index (χ2n) is 3.74. The van der Waals surface area contributed by atoms with Crippen LogP contribution in [-0.4, -0.2) is 32.5 Å². The predicted octanol–water partition coefficient (Wildman–Crippen LogP) is -0.999. The molecule has 7 heteroatoms. The molecule has 2 unspecified atom stereocenters. The van der Waals surface area contributed by atoms with E-state index in [4.69, 9.17) is 0 Å². The molecule has 1 fully saturated rings. The van der Waals surface area contributed by atoms with E-state index in [0.717, 1.165) is 0 Å². The highest BCUT2D eigenvalue weighted by molar-refractivity contribution is 7.90. The van der Waals surface area contributed by atoms with Crippen molar-refractivity contribution in [1.82, 2.24) is 10.0 Å². The number of amides is 2. The topological polar surface area (TPSA) is 92.3 Å². The fraction of sp³-hybridized carbons (Fsp3) is 0.556. The Labute approximate surface area is 94.1 Å². The summed E-state index contributed by atoms with van der Waals surface area (Å²) in [4.78, 5) is 22.9. The molecule has 1 heterocycles. The van der Waals surface area contributed by atoms with Gasteiger partial charge in [-0.3, -0.25) is 14.3 Å². The Balaban J connectivity index is 2.72. The van der Waals surface area contributed by atoms with E-state index < -0.39 is 27.8 Å². The summed E-state index contributed by atoms with van der Waals surface area (Å²) in [5.41, 5.74) is 0. The van der Waals surface area contributed by atoms with Crippen LogP contribution in [0.5, 0.6) is 0 Å². The van der Waals surface area contributed by atoms with Crippen LogP contribution in [0.15, 0.2) is 12.7 Å². The lowest BCUT2D eigenvalue weighted by molar-refractivity contribution is -0.132. The van der Waals surface area contributed by atoms with Crippen molar-refractivity contribution in [2.24, 2.45) is 11.8 Å². The summed E-state index contributed by atoms with van der Waals surface area (Å²) < 4.78 is 24.4. The first-order valence-corrected chi connectivity index (χ1v) is 6.45. The van der Waals surface area contributed by atoms with Crippen LogP contribution in [-0.2, 0) is 19.6 Å². The second kappa shape index (κ2) is 4.65. The van der Waals surface area contributed by atoms with E-state index in [1.54, 1.807) is 6.92 Å². The van der Waals surface area contributed by atoms with Crippen LogP contribution in [0.4, 0.5) is 0 Å². The normalized spacial score (nSPS) is 24.9. The predicted molar refractivity (Wildman–Crippen MR) is 57.8 cm³/mol. The van der Waals surface area contributed by atoms with Crippen LogP contribution in [0.1, 0.15) is 6.92 Å². The second-order valence-corrected chi connectivity index (χ2v) is 5.50. The molecule has 1 rings (SSSR count). The highest BCUT2D eigenvalue weighted by atomic mass is 32.2. The molecule has 2 amide bonds. The zero-order chi connectivity index (χ0) is 12.3. The highest BCUT2D eigenvalue weighted by Gasteiger charge is 2.38. The molecule has 0 aromatic heterocycles. The van der Waals surface area contributed by atoms with Crippen molar-refractivity contribution >= 4 is 21.8 Å². The van der Waals surface area contributed by atoms with Crippen molar-refractivity contribution in [3.8, 4) is 0 Å². The van der Waals surface area contributed by atoms with E-state index in [0.29, 0.717) is 6.54 Å². The van der Waals surface area contributed by atoms with Crippen LogP contribution in [0.3, 0.4) is 0 Å². The van der Waals surface area contributed by atoms with Gasteiger partial charge in [-0.25, -0.2) is 8.42 Å². The first kappa shape index (κ1) is 12.7. The van der Waals surface area contributed by atoms with E-state index >= 15 is 0 Å². The van der Waals surface area contributed by atoms with Gasteiger partial charge in [-0.05, 0) is 5.92 Å². The van der Waals surface area contributed by atoms with E-state index in [1.165, 1.54) is 6.08 Å². The molecule has 16 heavy (non-hydrogen) atoms. The molecular formula is C9H14N2O4S. The maximum absolute atomic E-state index is 11.6. The number of carbonyl (C=O) groups is 2. The van der Waals surface area contributed by atoms with Crippen LogP contribution < -0.4 is 10.0 Å². The van der Waals surface area contributed by atoms with Gasteiger partial charge in [0.15, 0.2) is 0 Å². The van der Waals surface area contributed by atoms with Gasteiger partial charge in [0.2, 0.25) is 21.8 Å². The minimum atomic E-state index is -3.71. The van der Waals surface area contributed by atoms with Gasteiger partial charge in [-0.15, -0.1) is 6.58 Å². The lowest BCUT2D eigenvalue weighted by atomic mass is 9.97. The molecule has 1 aliphatic heterocycles. The summed E-state index contributed by atoms with van der Waals surface area (Å²) in [6, 6.07) is 0. The summed E-state index contributed by atoms with van der Waals surface area (Å²) in [7, 11) is -3.71. The van der Waals surface area contributed by atoms with Crippen LogP contribution >= 0.6 is 0 Å². The minimum Gasteiger partial charge on any atom is -0.355 e. The largest absolute Gasteiger partial charge is 0.355 e. The van der Waals surface area contributed by atoms with Crippen molar-refractivity contribution in [2.45, 2.75) is 6.92 Å². The number of rotatable bonds is 4. The molecule has 0 radical (unpaired) electrons. The van der Waals surface area contributed by atoms with Crippen molar-refractivity contribution in [3.63, 3.8) is 0 Å². The number of hydrogen-bond donors (Lipinski definition) is 2. The van der Waals surface area contributed by atoms with Crippen molar-refractivity contribution in [3.05, 3.63) is 12.7 Å². The highest BCUT2D eigenvalue weighted by Crippen LogP contribution is 2.17. The lowest BCUT2D eigenvalue weighted by Crippen LogP contribution is -2.41. The van der Waals surface area contributed by atoms with E-state index in [2.05, 4.69) is 11.9 Å². The molecule has 0 aromatic carbocycles. The van der Waals surface area contributed by atoms with Gasteiger partial charge >= 0.3 is 0 Å². The summed E-state index contributed by atoms with van der Waals surface area (Å²) in [6.07, 6.45) is 1.17. The Bertz CT molecular complexity index is 415. The average Bonchev–Trinajstić information content (AvgIpc) is 2.44. The number of sulfonamides is 1. The first-order chi connectivity index (χ1) is 7.37. The zero-order valence-corrected chi connectivity index (χ0v) is 9.71. The third-order valence-corrected chi connectivity index (χ3v) is 3.51. The molecule has 0 aliphatic carbocycles.